The van der Waals surface area contributed by atoms with Crippen LogP contribution in [0.15, 0.2) is 109 Å². The number of allylic oxidation sites excluding steroid dienone is 3. The Kier molecular flexibility index (Phi) is 9.18. The first-order valence-corrected chi connectivity index (χ1v) is 14.9. The minimum atomic E-state index is -1.22. The fourth-order valence-electron chi connectivity index (χ4n) is 5.10. The predicted molar refractivity (Wildman–Crippen MR) is 175 cm³/mol. The number of cyclic esters (lactones) is 4. The first-order valence-electron chi connectivity index (χ1n) is 14.9. The topological polar surface area (TPSA) is 105 Å². The number of hydrogen-bond donors (Lipinski definition) is 0. The van der Waals surface area contributed by atoms with Gasteiger partial charge in [-0.15, -0.1) is 0 Å². The molecule has 0 aliphatic carbocycles. The molecule has 2 heterocycles. The van der Waals surface area contributed by atoms with Crippen molar-refractivity contribution in [1.82, 2.24) is 0 Å². The number of ether oxygens (including phenoxy) is 4. The summed E-state index contributed by atoms with van der Waals surface area (Å²) in [4.78, 5) is 47.5. The van der Waals surface area contributed by atoms with E-state index in [0.717, 1.165) is 32.7 Å². The number of carbonyl (C=O) groups excluding carboxylic acids is 4. The van der Waals surface area contributed by atoms with Crippen LogP contribution in [0.4, 0.5) is 0 Å². The highest BCUT2D eigenvalue weighted by atomic mass is 16.7. The van der Waals surface area contributed by atoms with Crippen molar-refractivity contribution in [1.29, 1.82) is 0 Å². The summed E-state index contributed by atoms with van der Waals surface area (Å²) in [5, 5.41) is 4.49. The summed E-state index contributed by atoms with van der Waals surface area (Å²) in [5.74, 6) is -5.70. The van der Waals surface area contributed by atoms with Crippen LogP contribution >= 0.6 is 0 Å². The minimum absolute atomic E-state index is 0.110. The maximum absolute atomic E-state index is 11.9. The monoisotopic (exact) mass is 618 g/mol. The number of esters is 4. The molecule has 6 rings (SSSR count). The average Bonchev–Trinajstić information content (AvgIpc) is 2.99. The van der Waals surface area contributed by atoms with Crippen LogP contribution in [0.1, 0.15) is 45.2 Å². The molecule has 0 bridgehead atoms. The molecule has 0 spiro atoms. The van der Waals surface area contributed by atoms with Gasteiger partial charge in [0.25, 0.3) is 11.6 Å². The van der Waals surface area contributed by atoms with Crippen LogP contribution in [0, 0.1) is 5.92 Å². The van der Waals surface area contributed by atoms with Gasteiger partial charge in [-0.2, -0.15) is 0 Å². The molecule has 234 valence electrons. The second kappa shape index (κ2) is 13.2. The molecule has 0 aromatic heterocycles. The highest BCUT2D eigenvalue weighted by Gasteiger charge is 2.42. The van der Waals surface area contributed by atoms with Gasteiger partial charge >= 0.3 is 23.9 Å². The summed E-state index contributed by atoms with van der Waals surface area (Å²) in [6, 6.07) is 28.1. The molecule has 0 radical (unpaired) electrons. The van der Waals surface area contributed by atoms with E-state index in [1.165, 1.54) is 19.9 Å². The maximum atomic E-state index is 11.9. The van der Waals surface area contributed by atoms with Gasteiger partial charge in [0.05, 0.1) is 0 Å². The zero-order valence-electron chi connectivity index (χ0n) is 26.0. The first-order chi connectivity index (χ1) is 21.9. The molecule has 46 heavy (non-hydrogen) atoms. The van der Waals surface area contributed by atoms with E-state index in [1.54, 1.807) is 19.9 Å². The highest BCUT2D eigenvalue weighted by molar-refractivity contribution is 6.15. The molecule has 8 heteroatoms. The zero-order chi connectivity index (χ0) is 32.9. The molecule has 0 N–H and O–H groups in total. The molecule has 2 fully saturated rings. The van der Waals surface area contributed by atoms with Crippen molar-refractivity contribution in [3.63, 3.8) is 0 Å². The summed E-state index contributed by atoms with van der Waals surface area (Å²) in [6.07, 6.45) is 8.90. The van der Waals surface area contributed by atoms with E-state index in [2.05, 4.69) is 0 Å². The number of rotatable bonds is 5. The van der Waals surface area contributed by atoms with E-state index in [1.807, 2.05) is 103 Å². The first kappa shape index (κ1) is 31.9. The Bertz CT molecular complexity index is 1860. The number of hydrogen-bond acceptors (Lipinski definition) is 8. The summed E-state index contributed by atoms with van der Waals surface area (Å²) in [6.45, 7) is 6.13. The molecule has 4 aromatic carbocycles. The van der Waals surface area contributed by atoms with Crippen LogP contribution < -0.4 is 0 Å². The normalized spacial score (nSPS) is 17.7. The molecule has 0 unspecified atom stereocenters. The summed E-state index contributed by atoms with van der Waals surface area (Å²) in [7, 11) is 0. The molecular weight excluding hydrogens is 584 g/mol. The number of fused-ring (bicyclic) bond motifs is 2. The lowest BCUT2D eigenvalue weighted by molar-refractivity contribution is -0.239. The van der Waals surface area contributed by atoms with Gasteiger partial charge in [0.1, 0.15) is 5.57 Å². The molecule has 8 nitrogen and oxygen atoms in total. The van der Waals surface area contributed by atoms with Gasteiger partial charge in [-0.3, -0.25) is 9.59 Å². The lowest BCUT2D eigenvalue weighted by atomic mass is 10.0. The molecule has 0 saturated carbocycles. The lowest BCUT2D eigenvalue weighted by Gasteiger charge is -2.32. The molecule has 2 saturated heterocycles. The smallest absolute Gasteiger partial charge is 0.348 e. The SMILES string of the molecule is CC1(C)OC(=O)C(=C/C=C/c2cccc3ccccc23)C(=O)O1.CC1(C)OC(=O)C(C/C=C/c2cccc3ccccc23)C(=O)O1. The van der Waals surface area contributed by atoms with Gasteiger partial charge in [-0.05, 0) is 45.2 Å². The van der Waals surface area contributed by atoms with Gasteiger partial charge in [0, 0.05) is 27.7 Å². The Hall–Kier alpha value is -5.50. The molecular formula is C38H34O8. The lowest BCUT2D eigenvalue weighted by Crippen LogP contribution is -2.46. The second-order valence-electron chi connectivity index (χ2n) is 11.7. The third-order valence-electron chi connectivity index (χ3n) is 7.23. The van der Waals surface area contributed by atoms with E-state index < -0.39 is 41.4 Å². The van der Waals surface area contributed by atoms with Crippen molar-refractivity contribution in [2.24, 2.45) is 5.92 Å². The second-order valence-corrected chi connectivity index (χ2v) is 11.7. The van der Waals surface area contributed by atoms with Crippen LogP contribution in [0.3, 0.4) is 0 Å². The van der Waals surface area contributed by atoms with Crippen LogP contribution in [0.2, 0.25) is 0 Å². The summed E-state index contributed by atoms with van der Waals surface area (Å²) >= 11 is 0. The fourth-order valence-corrected chi connectivity index (χ4v) is 5.10. The highest BCUT2D eigenvalue weighted by Crippen LogP contribution is 2.27. The van der Waals surface area contributed by atoms with Crippen molar-refractivity contribution < 1.29 is 38.1 Å². The Balaban J connectivity index is 0.000000181. The van der Waals surface area contributed by atoms with Gasteiger partial charge in [-0.1, -0.05) is 109 Å². The standard InChI is InChI=1S/C19H18O4.C19H16O4/c2*1-19(2)22-17(20)16(18(21)23-19)12-6-10-14-9-5-8-13-7-3-4-11-15(13)14/h3-11,16H,12H2,1-2H3;3-12H,1-2H3/b2*10-6+. The fraction of sp³-hybridized carbons (Fsp3) is 0.211. The third kappa shape index (κ3) is 7.58. The molecule has 0 atom stereocenters. The quantitative estimate of drug-likeness (QED) is 0.0992. The van der Waals surface area contributed by atoms with Crippen molar-refractivity contribution in [2.75, 3.05) is 0 Å². The average molecular weight is 619 g/mol. The van der Waals surface area contributed by atoms with Crippen molar-refractivity contribution in [2.45, 2.75) is 45.7 Å². The van der Waals surface area contributed by atoms with E-state index in [0.29, 0.717) is 0 Å². The largest absolute Gasteiger partial charge is 0.422 e. The molecule has 0 amide bonds. The van der Waals surface area contributed by atoms with Crippen LogP contribution in [0.25, 0.3) is 33.7 Å². The summed E-state index contributed by atoms with van der Waals surface area (Å²) < 4.78 is 20.3. The third-order valence-corrected chi connectivity index (χ3v) is 7.23. The molecule has 2 aliphatic heterocycles. The van der Waals surface area contributed by atoms with Crippen molar-refractivity contribution >= 4 is 57.6 Å². The Morgan fingerprint density at radius 3 is 1.59 bits per heavy atom. The van der Waals surface area contributed by atoms with Crippen molar-refractivity contribution in [3.05, 3.63) is 120 Å². The van der Waals surface area contributed by atoms with Gasteiger partial charge in [-0.25, -0.2) is 9.59 Å². The van der Waals surface area contributed by atoms with Crippen LogP contribution in [-0.4, -0.2) is 35.5 Å². The number of benzene rings is 4. The molecule has 4 aromatic rings. The van der Waals surface area contributed by atoms with Gasteiger partial charge < -0.3 is 18.9 Å². The maximum Gasteiger partial charge on any atom is 0.348 e. The van der Waals surface area contributed by atoms with E-state index in [-0.39, 0.29) is 12.0 Å². The Labute approximate surface area is 266 Å². The summed E-state index contributed by atoms with van der Waals surface area (Å²) in [5.41, 5.74) is 1.93. The predicted octanol–water partition coefficient (Wildman–Crippen LogP) is 7.31. The van der Waals surface area contributed by atoms with Crippen LogP contribution in [-0.2, 0) is 38.1 Å². The van der Waals surface area contributed by atoms with Gasteiger partial charge in [0.15, 0.2) is 5.92 Å². The van der Waals surface area contributed by atoms with Crippen LogP contribution in [0.5, 0.6) is 0 Å². The van der Waals surface area contributed by atoms with E-state index in [9.17, 15) is 19.2 Å². The molecule has 2 aliphatic rings. The van der Waals surface area contributed by atoms with Crippen molar-refractivity contribution in [3.8, 4) is 0 Å². The Morgan fingerprint density at radius 1 is 0.587 bits per heavy atom. The Morgan fingerprint density at radius 2 is 1.04 bits per heavy atom. The van der Waals surface area contributed by atoms with E-state index >= 15 is 0 Å². The van der Waals surface area contributed by atoms with Gasteiger partial charge in [0.2, 0.25) is 0 Å². The minimum Gasteiger partial charge on any atom is -0.422 e. The van der Waals surface area contributed by atoms with E-state index in [4.69, 9.17) is 18.9 Å². The zero-order valence-corrected chi connectivity index (χ0v) is 26.0. The number of carbonyl (C=O) groups is 4.